The molecule has 2 aliphatic heterocycles. The maximum atomic E-state index is 15.1. The van der Waals surface area contributed by atoms with E-state index in [2.05, 4.69) is 10.1 Å². The first-order valence-electron chi connectivity index (χ1n) is 10.0. The second-order valence-electron chi connectivity index (χ2n) is 8.48. The number of oxime groups is 1. The van der Waals surface area contributed by atoms with Gasteiger partial charge in [-0.25, -0.2) is 17.2 Å². The van der Waals surface area contributed by atoms with Gasteiger partial charge in [0.25, 0.3) is 5.60 Å². The summed E-state index contributed by atoms with van der Waals surface area (Å²) in [5, 5.41) is 3.06. The van der Waals surface area contributed by atoms with Crippen molar-refractivity contribution in [1.29, 1.82) is 0 Å². The van der Waals surface area contributed by atoms with Gasteiger partial charge in [-0.15, -0.1) is 0 Å². The van der Waals surface area contributed by atoms with Crippen molar-refractivity contribution in [2.24, 2.45) is 5.16 Å². The Hall–Kier alpha value is -2.80. The molecule has 0 aliphatic carbocycles. The van der Waals surface area contributed by atoms with Gasteiger partial charge in [0.15, 0.2) is 15.5 Å². The number of pyridine rings is 1. The first kappa shape index (κ1) is 25.3. The highest BCUT2D eigenvalue weighted by Crippen LogP contribution is 2.49. The second kappa shape index (κ2) is 8.40. The smallest absolute Gasteiger partial charge is 0.374 e. The van der Waals surface area contributed by atoms with Crippen molar-refractivity contribution in [3.8, 4) is 0 Å². The zero-order valence-electron chi connectivity index (χ0n) is 17.9. The molecule has 0 radical (unpaired) electrons. The van der Waals surface area contributed by atoms with Crippen LogP contribution in [0.4, 0.5) is 22.0 Å². The fourth-order valence-electron chi connectivity index (χ4n) is 3.85. The molecule has 1 fully saturated rings. The lowest BCUT2D eigenvalue weighted by Gasteiger charge is -2.43. The van der Waals surface area contributed by atoms with Gasteiger partial charge in [0, 0.05) is 23.6 Å². The number of halogens is 6. The molecule has 1 unspecified atom stereocenters. The van der Waals surface area contributed by atoms with E-state index in [0.29, 0.717) is 0 Å². The Morgan fingerprint density at radius 2 is 1.91 bits per heavy atom. The topological polar surface area (TPSA) is 88.9 Å². The average molecular weight is 538 g/mol. The monoisotopic (exact) mass is 537 g/mol. The minimum atomic E-state index is -4.93. The molecule has 7 nitrogen and oxygen atoms in total. The van der Waals surface area contributed by atoms with Crippen LogP contribution in [0.15, 0.2) is 41.7 Å². The van der Waals surface area contributed by atoms with Gasteiger partial charge in [0.1, 0.15) is 11.6 Å². The molecule has 0 spiro atoms. The Morgan fingerprint density at radius 3 is 2.46 bits per heavy atom. The van der Waals surface area contributed by atoms with E-state index >= 15 is 4.39 Å². The van der Waals surface area contributed by atoms with Gasteiger partial charge in [-0.05, 0) is 24.3 Å². The molecule has 0 N–H and O–H groups in total. The van der Waals surface area contributed by atoms with E-state index in [1.807, 2.05) is 0 Å². The average Bonchev–Trinajstić information content (AvgIpc) is 3.19. The lowest BCUT2D eigenvalue weighted by Crippen LogP contribution is -2.60. The minimum Gasteiger partial charge on any atom is -0.374 e. The van der Waals surface area contributed by atoms with Crippen LogP contribution in [-0.2, 0) is 30.7 Å². The third-order valence-corrected chi connectivity index (χ3v) is 6.81. The summed E-state index contributed by atoms with van der Waals surface area (Å²) in [6.45, 7) is -0.805. The van der Waals surface area contributed by atoms with Crippen molar-refractivity contribution < 1.29 is 40.0 Å². The molecule has 2 aliphatic rings. The molecule has 188 valence electrons. The number of hydrogen-bond donors (Lipinski definition) is 0. The number of aromatic nitrogens is 1. The molecule has 0 saturated carbocycles. The lowest BCUT2D eigenvalue weighted by atomic mass is 9.86. The predicted molar refractivity (Wildman–Crippen MR) is 115 cm³/mol. The highest BCUT2D eigenvalue weighted by atomic mass is 35.5. The third-order valence-electron chi connectivity index (χ3n) is 5.75. The Bertz CT molecular complexity index is 1310. The highest BCUT2D eigenvalue weighted by Gasteiger charge is 2.62. The van der Waals surface area contributed by atoms with Gasteiger partial charge in [-0.2, -0.15) is 13.2 Å². The van der Waals surface area contributed by atoms with Gasteiger partial charge in [-0.3, -0.25) is 9.78 Å². The zero-order chi connectivity index (χ0) is 25.8. The SMILES string of the molecule is CS(=O)(=O)CC(=O)N1CC(F)(c2ccc(C3=NOC(c4ccc(F)c(Cl)c4)(C(F)(F)F)C3)cn2)C1. The van der Waals surface area contributed by atoms with Crippen LogP contribution in [0.3, 0.4) is 0 Å². The van der Waals surface area contributed by atoms with Crippen LogP contribution in [0, 0.1) is 5.82 Å². The molecule has 35 heavy (non-hydrogen) atoms. The summed E-state index contributed by atoms with van der Waals surface area (Å²) in [5.74, 6) is -2.37. The molecule has 1 aromatic heterocycles. The Kier molecular flexibility index (Phi) is 6.07. The number of alkyl halides is 4. The molecular weight excluding hydrogens is 521 g/mol. The van der Waals surface area contributed by atoms with Crippen LogP contribution < -0.4 is 0 Å². The van der Waals surface area contributed by atoms with Gasteiger partial charge >= 0.3 is 6.18 Å². The highest BCUT2D eigenvalue weighted by molar-refractivity contribution is 7.91. The Morgan fingerprint density at radius 1 is 1.23 bits per heavy atom. The first-order valence-corrected chi connectivity index (χ1v) is 12.5. The summed E-state index contributed by atoms with van der Waals surface area (Å²) in [7, 11) is -3.57. The molecule has 1 atom stereocenters. The lowest BCUT2D eigenvalue weighted by molar-refractivity contribution is -0.275. The van der Waals surface area contributed by atoms with E-state index in [0.717, 1.165) is 35.6 Å². The van der Waals surface area contributed by atoms with E-state index in [9.17, 15) is 30.8 Å². The number of carbonyl (C=O) groups excluding carboxylic acids is 1. The van der Waals surface area contributed by atoms with E-state index in [-0.39, 0.29) is 17.0 Å². The van der Waals surface area contributed by atoms with Crippen molar-refractivity contribution in [2.75, 3.05) is 25.1 Å². The molecule has 4 rings (SSSR count). The predicted octanol–water partition coefficient (Wildman–Crippen LogP) is 3.51. The van der Waals surface area contributed by atoms with Crippen LogP contribution in [0.5, 0.6) is 0 Å². The second-order valence-corrected chi connectivity index (χ2v) is 11.0. The minimum absolute atomic E-state index is 0.0726. The van der Waals surface area contributed by atoms with Crippen LogP contribution in [0.2, 0.25) is 5.02 Å². The Labute approximate surface area is 201 Å². The molecule has 1 saturated heterocycles. The molecule has 0 bridgehead atoms. The summed E-state index contributed by atoms with van der Waals surface area (Å²) in [5.41, 5.74) is -5.41. The fraction of sp³-hybridized carbons (Fsp3) is 0.381. The van der Waals surface area contributed by atoms with E-state index in [1.165, 1.54) is 12.1 Å². The number of nitrogens with zero attached hydrogens (tertiary/aromatic N) is 3. The van der Waals surface area contributed by atoms with Crippen LogP contribution in [0.1, 0.15) is 23.2 Å². The number of hydrogen-bond acceptors (Lipinski definition) is 6. The Balaban J connectivity index is 1.50. The molecule has 3 heterocycles. The number of carbonyl (C=O) groups is 1. The third kappa shape index (κ3) is 4.70. The number of amides is 1. The van der Waals surface area contributed by atoms with Crippen molar-refractivity contribution in [3.05, 3.63) is 64.2 Å². The largest absolute Gasteiger partial charge is 0.435 e. The zero-order valence-corrected chi connectivity index (χ0v) is 19.5. The van der Waals surface area contributed by atoms with E-state index in [4.69, 9.17) is 16.4 Å². The molecule has 1 aromatic carbocycles. The summed E-state index contributed by atoms with van der Waals surface area (Å²) < 4.78 is 93.2. The summed E-state index contributed by atoms with van der Waals surface area (Å²) in [6.07, 6.45) is -3.66. The van der Waals surface area contributed by atoms with Crippen LogP contribution in [-0.4, -0.2) is 61.2 Å². The number of rotatable bonds is 5. The quantitative estimate of drug-likeness (QED) is 0.545. The molecular formula is C21H17ClF5N3O4S. The molecule has 14 heteroatoms. The number of benzene rings is 1. The van der Waals surface area contributed by atoms with Gasteiger partial charge < -0.3 is 9.74 Å². The van der Waals surface area contributed by atoms with E-state index in [1.54, 1.807) is 0 Å². The fourth-order valence-corrected chi connectivity index (χ4v) is 4.66. The van der Waals surface area contributed by atoms with E-state index < -0.39 is 74.9 Å². The number of sulfone groups is 1. The van der Waals surface area contributed by atoms with Gasteiger partial charge in [-0.1, -0.05) is 22.8 Å². The molecule has 2 aromatic rings. The van der Waals surface area contributed by atoms with Crippen LogP contribution >= 0.6 is 11.6 Å². The van der Waals surface area contributed by atoms with Gasteiger partial charge in [0.05, 0.1) is 35.9 Å². The number of likely N-dealkylation sites (tertiary alicyclic amines) is 1. The summed E-state index contributed by atoms with van der Waals surface area (Å²) >= 11 is 5.66. The maximum absolute atomic E-state index is 15.1. The van der Waals surface area contributed by atoms with Crippen molar-refractivity contribution in [3.63, 3.8) is 0 Å². The standard InChI is InChI=1S/C21H17ClF5N3O4S/c1-35(32,33)9-18(31)30-10-19(24,11-30)17-5-2-12(8-28-17)16-7-20(34-29-16,21(25,26)27)13-3-4-15(23)14(22)6-13/h2-6,8H,7,9-11H2,1H3. The first-order chi connectivity index (χ1) is 16.1. The van der Waals surface area contributed by atoms with Crippen molar-refractivity contribution >= 4 is 33.1 Å². The van der Waals surface area contributed by atoms with Crippen molar-refractivity contribution in [2.45, 2.75) is 23.9 Å². The van der Waals surface area contributed by atoms with Gasteiger partial charge in [0.2, 0.25) is 5.91 Å². The normalized spacial score (nSPS) is 21.8. The molecule has 1 amide bonds. The van der Waals surface area contributed by atoms with Crippen LogP contribution in [0.25, 0.3) is 0 Å². The van der Waals surface area contributed by atoms with Crippen molar-refractivity contribution in [1.82, 2.24) is 9.88 Å². The summed E-state index contributed by atoms with van der Waals surface area (Å²) in [4.78, 5) is 21.8. The summed E-state index contributed by atoms with van der Waals surface area (Å²) in [6, 6.07) is 5.10. The maximum Gasteiger partial charge on any atom is 0.435 e.